The van der Waals surface area contributed by atoms with Gasteiger partial charge in [-0.2, -0.15) is 5.10 Å². The maximum atomic E-state index is 13.2. The lowest BCUT2D eigenvalue weighted by Crippen LogP contribution is -2.62. The van der Waals surface area contributed by atoms with Crippen LogP contribution in [-0.4, -0.2) is 69.5 Å². The summed E-state index contributed by atoms with van der Waals surface area (Å²) in [5.41, 5.74) is 2.71. The third-order valence-corrected chi connectivity index (χ3v) is 7.74. The van der Waals surface area contributed by atoms with E-state index in [0.717, 1.165) is 38.0 Å². The summed E-state index contributed by atoms with van der Waals surface area (Å²) in [7, 11) is 1.56. The standard InChI is InChI=1S/C29H33FN6O3/c1-29(28(39)32-17-20-8-10-23(30)11-9-20)19-36-25(27(38)34(29)2)16-24(33-36)26(37)31-13-5-14-35-15-12-21-6-3-4-7-22(21)18-35/h3-4,6-11,16H,5,12-15,17-19H2,1-2H3,(H,31,37)(H,32,39)/t29-/m1/s1. The topological polar surface area (TPSA) is 99.6 Å². The van der Waals surface area contributed by atoms with Crippen molar-refractivity contribution in [2.75, 3.05) is 26.7 Å². The molecule has 2 aliphatic heterocycles. The van der Waals surface area contributed by atoms with Gasteiger partial charge in [-0.1, -0.05) is 36.4 Å². The molecule has 2 aliphatic rings. The molecule has 0 spiro atoms. The monoisotopic (exact) mass is 532 g/mol. The van der Waals surface area contributed by atoms with E-state index >= 15 is 0 Å². The summed E-state index contributed by atoms with van der Waals surface area (Å²) in [5.74, 6) is -1.46. The van der Waals surface area contributed by atoms with Crippen LogP contribution in [0.3, 0.4) is 0 Å². The van der Waals surface area contributed by atoms with Crippen molar-refractivity contribution in [3.63, 3.8) is 0 Å². The third kappa shape index (κ3) is 5.56. The average Bonchev–Trinajstić information content (AvgIpc) is 3.37. The minimum atomic E-state index is -1.21. The smallest absolute Gasteiger partial charge is 0.272 e. The van der Waals surface area contributed by atoms with E-state index < -0.39 is 11.4 Å². The Hall–Kier alpha value is -4.05. The zero-order valence-corrected chi connectivity index (χ0v) is 22.2. The predicted octanol–water partition coefficient (Wildman–Crippen LogP) is 2.36. The highest BCUT2D eigenvalue weighted by atomic mass is 19.1. The first-order valence-electron chi connectivity index (χ1n) is 13.2. The number of fused-ring (bicyclic) bond motifs is 2. The summed E-state index contributed by atoms with van der Waals surface area (Å²) in [5, 5.41) is 10.1. The normalized spacial score (nSPS) is 18.8. The van der Waals surface area contributed by atoms with Gasteiger partial charge in [-0.05, 0) is 48.6 Å². The number of amides is 3. The number of carbonyl (C=O) groups excluding carboxylic acids is 3. The van der Waals surface area contributed by atoms with Crippen molar-refractivity contribution in [3.8, 4) is 0 Å². The van der Waals surface area contributed by atoms with Crippen molar-refractivity contribution >= 4 is 17.7 Å². The first kappa shape index (κ1) is 26.6. The van der Waals surface area contributed by atoms with Gasteiger partial charge in [0.15, 0.2) is 5.69 Å². The SMILES string of the molecule is CN1C(=O)c2cc(C(=O)NCCCN3CCc4ccccc4C3)nn2C[C@]1(C)C(=O)NCc1ccc(F)cc1. The average molecular weight is 533 g/mol. The molecule has 3 heterocycles. The fourth-order valence-corrected chi connectivity index (χ4v) is 5.15. The summed E-state index contributed by atoms with van der Waals surface area (Å²) in [6.07, 6.45) is 1.84. The number of rotatable bonds is 8. The Kier molecular flexibility index (Phi) is 7.47. The first-order chi connectivity index (χ1) is 18.7. The van der Waals surface area contributed by atoms with Crippen LogP contribution in [0, 0.1) is 5.82 Å². The quantitative estimate of drug-likeness (QED) is 0.434. The Morgan fingerprint density at radius 1 is 1.08 bits per heavy atom. The van der Waals surface area contributed by atoms with Crippen molar-refractivity contribution in [2.24, 2.45) is 0 Å². The molecule has 0 fully saturated rings. The van der Waals surface area contributed by atoms with Crippen LogP contribution in [0.4, 0.5) is 4.39 Å². The molecule has 204 valence electrons. The lowest BCUT2D eigenvalue weighted by Gasteiger charge is -2.40. The van der Waals surface area contributed by atoms with Crippen LogP contribution in [0.1, 0.15) is 51.0 Å². The second-order valence-corrected chi connectivity index (χ2v) is 10.4. The highest BCUT2D eigenvalue weighted by Crippen LogP contribution is 2.26. The number of nitrogens with zero attached hydrogens (tertiary/aromatic N) is 4. The van der Waals surface area contributed by atoms with Gasteiger partial charge < -0.3 is 15.5 Å². The summed E-state index contributed by atoms with van der Waals surface area (Å²) in [6.45, 7) is 5.26. The molecule has 0 radical (unpaired) electrons. The Balaban J connectivity index is 1.15. The zero-order valence-electron chi connectivity index (χ0n) is 22.2. The van der Waals surface area contributed by atoms with E-state index in [2.05, 4.69) is 44.9 Å². The maximum Gasteiger partial charge on any atom is 0.272 e. The lowest BCUT2D eigenvalue weighted by molar-refractivity contribution is -0.132. The molecule has 0 unspecified atom stereocenters. The van der Waals surface area contributed by atoms with Crippen LogP contribution >= 0.6 is 0 Å². The summed E-state index contributed by atoms with van der Waals surface area (Å²) in [6, 6.07) is 15.8. The fraction of sp³-hybridized carbons (Fsp3) is 0.379. The summed E-state index contributed by atoms with van der Waals surface area (Å²) in [4.78, 5) is 42.8. The fourth-order valence-electron chi connectivity index (χ4n) is 5.15. The van der Waals surface area contributed by atoms with Crippen LogP contribution in [0.5, 0.6) is 0 Å². The van der Waals surface area contributed by atoms with E-state index in [0.29, 0.717) is 6.54 Å². The van der Waals surface area contributed by atoms with Crippen molar-refractivity contribution < 1.29 is 18.8 Å². The Bertz CT molecular complexity index is 1390. The largest absolute Gasteiger partial charge is 0.351 e. The van der Waals surface area contributed by atoms with Crippen LogP contribution in [-0.2, 0) is 30.8 Å². The van der Waals surface area contributed by atoms with Crippen molar-refractivity contribution in [2.45, 2.75) is 44.9 Å². The van der Waals surface area contributed by atoms with E-state index in [9.17, 15) is 18.8 Å². The highest BCUT2D eigenvalue weighted by Gasteiger charge is 2.46. The number of hydrogen-bond donors (Lipinski definition) is 2. The maximum absolute atomic E-state index is 13.2. The molecule has 1 aromatic heterocycles. The molecule has 0 bridgehead atoms. The first-order valence-corrected chi connectivity index (χ1v) is 13.2. The molecule has 5 rings (SSSR count). The molecule has 0 saturated heterocycles. The molecule has 0 aliphatic carbocycles. The minimum Gasteiger partial charge on any atom is -0.351 e. The van der Waals surface area contributed by atoms with Gasteiger partial charge in [-0.15, -0.1) is 0 Å². The molecular weight excluding hydrogens is 499 g/mol. The number of hydrogen-bond acceptors (Lipinski definition) is 5. The molecule has 9 nitrogen and oxygen atoms in total. The van der Waals surface area contributed by atoms with Gasteiger partial charge in [0.2, 0.25) is 5.91 Å². The molecule has 2 N–H and O–H groups in total. The highest BCUT2D eigenvalue weighted by molar-refractivity contribution is 6.01. The Morgan fingerprint density at radius 2 is 1.82 bits per heavy atom. The molecule has 1 atom stereocenters. The second-order valence-electron chi connectivity index (χ2n) is 10.4. The Labute approximate surface area is 227 Å². The molecule has 0 saturated carbocycles. The van der Waals surface area contributed by atoms with Gasteiger partial charge in [0.05, 0.1) is 6.54 Å². The third-order valence-electron chi connectivity index (χ3n) is 7.74. The van der Waals surface area contributed by atoms with Gasteiger partial charge in [0.25, 0.3) is 11.8 Å². The molecule has 39 heavy (non-hydrogen) atoms. The van der Waals surface area contributed by atoms with E-state index in [-0.39, 0.29) is 42.1 Å². The molecule has 10 heteroatoms. The van der Waals surface area contributed by atoms with Crippen molar-refractivity contribution in [3.05, 3.63) is 88.5 Å². The van der Waals surface area contributed by atoms with Gasteiger partial charge in [0.1, 0.15) is 17.1 Å². The number of likely N-dealkylation sites (N-methyl/N-ethyl adjacent to an activating group) is 1. The van der Waals surface area contributed by atoms with E-state index in [4.69, 9.17) is 0 Å². The van der Waals surface area contributed by atoms with E-state index in [1.165, 1.54) is 38.9 Å². The predicted molar refractivity (Wildman–Crippen MR) is 143 cm³/mol. The van der Waals surface area contributed by atoms with Crippen LogP contribution in [0.15, 0.2) is 54.6 Å². The number of halogens is 1. The number of benzene rings is 2. The van der Waals surface area contributed by atoms with E-state index in [1.54, 1.807) is 26.1 Å². The number of carbonyl (C=O) groups is 3. The summed E-state index contributed by atoms with van der Waals surface area (Å²) < 4.78 is 14.6. The Morgan fingerprint density at radius 3 is 2.59 bits per heavy atom. The second kappa shape index (κ2) is 11.0. The van der Waals surface area contributed by atoms with Gasteiger partial charge in [0, 0.05) is 45.8 Å². The van der Waals surface area contributed by atoms with Crippen LogP contribution in [0.2, 0.25) is 0 Å². The molecule has 3 aromatic rings. The van der Waals surface area contributed by atoms with E-state index in [1.807, 2.05) is 0 Å². The summed E-state index contributed by atoms with van der Waals surface area (Å²) >= 11 is 0. The lowest BCUT2D eigenvalue weighted by atomic mass is 9.96. The number of nitrogens with one attached hydrogen (secondary N) is 2. The van der Waals surface area contributed by atoms with Crippen LogP contribution in [0.25, 0.3) is 0 Å². The van der Waals surface area contributed by atoms with Gasteiger partial charge in [-0.25, -0.2) is 4.39 Å². The minimum absolute atomic E-state index is 0.101. The number of aromatic nitrogens is 2. The molecule has 2 aromatic carbocycles. The van der Waals surface area contributed by atoms with Gasteiger partial charge in [-0.3, -0.25) is 24.0 Å². The molecule has 3 amide bonds. The zero-order chi connectivity index (χ0) is 27.6. The van der Waals surface area contributed by atoms with Crippen molar-refractivity contribution in [1.82, 2.24) is 30.2 Å². The molecular formula is C29H33FN6O3. The van der Waals surface area contributed by atoms with Gasteiger partial charge >= 0.3 is 0 Å². The van der Waals surface area contributed by atoms with Crippen LogP contribution < -0.4 is 10.6 Å². The van der Waals surface area contributed by atoms with Crippen molar-refractivity contribution in [1.29, 1.82) is 0 Å².